The summed E-state index contributed by atoms with van der Waals surface area (Å²) in [6.45, 7) is 0. The number of rotatable bonds is 3. The van der Waals surface area contributed by atoms with Crippen LogP contribution in [0.25, 0.3) is 86.2 Å². The number of nitrogens with zero attached hydrogens (tertiary/aromatic N) is 1. The summed E-state index contributed by atoms with van der Waals surface area (Å²) in [6.07, 6.45) is 0. The molecule has 0 atom stereocenters. The summed E-state index contributed by atoms with van der Waals surface area (Å²) < 4.78 is 0. The maximum Gasteiger partial charge on any atom is 0.0474 e. The molecule has 11 aromatic carbocycles. The molecule has 0 radical (unpaired) electrons. The first-order valence-electron chi connectivity index (χ1n) is 17.0. The second-order valence-electron chi connectivity index (χ2n) is 13.3. The van der Waals surface area contributed by atoms with E-state index in [1.807, 2.05) is 0 Å². The van der Waals surface area contributed by atoms with Gasteiger partial charge in [-0.25, -0.2) is 0 Å². The maximum atomic E-state index is 2.45. The van der Waals surface area contributed by atoms with Crippen LogP contribution in [0.3, 0.4) is 0 Å². The van der Waals surface area contributed by atoms with E-state index < -0.39 is 0 Å². The van der Waals surface area contributed by atoms with E-state index in [4.69, 9.17) is 0 Å². The molecular weight excluding hydrogens is 591 g/mol. The normalized spacial score (nSPS) is 12.1. The molecule has 0 heterocycles. The lowest BCUT2D eigenvalue weighted by molar-refractivity contribution is 1.30. The molecule has 0 saturated carbocycles. The topological polar surface area (TPSA) is 3.24 Å². The molecular formula is C48H29N. The van der Waals surface area contributed by atoms with E-state index in [1.54, 1.807) is 0 Å². The zero-order valence-electron chi connectivity index (χ0n) is 26.7. The Morgan fingerprint density at radius 2 is 0.592 bits per heavy atom. The molecule has 11 rings (SSSR count). The third-order valence-corrected chi connectivity index (χ3v) is 10.6. The third-order valence-electron chi connectivity index (χ3n) is 10.6. The first-order chi connectivity index (χ1) is 24.3. The Kier molecular flexibility index (Phi) is 5.45. The highest BCUT2D eigenvalue weighted by Gasteiger charge is 2.19. The van der Waals surface area contributed by atoms with Crippen LogP contribution in [0.4, 0.5) is 17.1 Å². The van der Waals surface area contributed by atoms with Gasteiger partial charge < -0.3 is 4.90 Å². The van der Waals surface area contributed by atoms with Gasteiger partial charge in [0.25, 0.3) is 0 Å². The number of benzene rings is 10. The van der Waals surface area contributed by atoms with E-state index >= 15 is 0 Å². The Bertz CT molecular complexity index is 3030. The molecule has 0 unspecified atom stereocenters. The van der Waals surface area contributed by atoms with Gasteiger partial charge in [-0.3, -0.25) is 0 Å². The van der Waals surface area contributed by atoms with Gasteiger partial charge >= 0.3 is 0 Å². The number of anilines is 3. The van der Waals surface area contributed by atoms with E-state index in [2.05, 4.69) is 181 Å². The third kappa shape index (κ3) is 3.87. The monoisotopic (exact) mass is 619 g/mol. The van der Waals surface area contributed by atoms with Gasteiger partial charge in [0.15, 0.2) is 0 Å². The molecule has 0 spiro atoms. The SMILES string of the molecule is c1ccc2cc(N(c3ccc4ccccc4c3)c3cc4ccc5cccc6c7cccc8ccc9cccc(c(c3)c4c56)c9c87)ccc2c1. The molecule has 0 aliphatic rings. The van der Waals surface area contributed by atoms with Crippen LogP contribution < -0.4 is 4.90 Å². The molecule has 226 valence electrons. The quantitative estimate of drug-likeness (QED) is 0.178. The Morgan fingerprint density at radius 3 is 1.10 bits per heavy atom. The van der Waals surface area contributed by atoms with Gasteiger partial charge in [-0.1, -0.05) is 140 Å². The highest BCUT2D eigenvalue weighted by molar-refractivity contribution is 6.37. The summed E-state index contributed by atoms with van der Waals surface area (Å²) >= 11 is 0. The van der Waals surface area contributed by atoms with Crippen molar-refractivity contribution in [3.05, 3.63) is 176 Å². The fourth-order valence-electron chi connectivity index (χ4n) is 8.48. The van der Waals surface area contributed by atoms with Crippen molar-refractivity contribution in [2.24, 2.45) is 0 Å². The van der Waals surface area contributed by atoms with E-state index in [-0.39, 0.29) is 0 Å². The van der Waals surface area contributed by atoms with Crippen LogP contribution >= 0.6 is 0 Å². The zero-order valence-corrected chi connectivity index (χ0v) is 26.7. The van der Waals surface area contributed by atoms with Gasteiger partial charge in [0.1, 0.15) is 0 Å². The minimum atomic E-state index is 1.14. The minimum absolute atomic E-state index is 1.14. The lowest BCUT2D eigenvalue weighted by Gasteiger charge is -2.27. The van der Waals surface area contributed by atoms with Crippen LogP contribution in [0.1, 0.15) is 0 Å². The lowest BCUT2D eigenvalue weighted by Crippen LogP contribution is -2.10. The van der Waals surface area contributed by atoms with Gasteiger partial charge in [-0.2, -0.15) is 0 Å². The smallest absolute Gasteiger partial charge is 0.0474 e. The predicted octanol–water partition coefficient (Wildman–Crippen LogP) is 13.8. The van der Waals surface area contributed by atoms with Crippen molar-refractivity contribution in [1.82, 2.24) is 0 Å². The zero-order chi connectivity index (χ0) is 32.1. The molecule has 1 nitrogen and oxygen atoms in total. The highest BCUT2D eigenvalue weighted by Crippen LogP contribution is 2.46. The first kappa shape index (κ1) is 26.6. The molecule has 0 aliphatic heterocycles. The molecule has 0 aliphatic carbocycles. The van der Waals surface area contributed by atoms with Crippen LogP contribution in [0, 0.1) is 0 Å². The van der Waals surface area contributed by atoms with Crippen LogP contribution in [0.15, 0.2) is 176 Å². The summed E-state index contributed by atoms with van der Waals surface area (Å²) in [6, 6.07) is 65.4. The number of hydrogen-bond acceptors (Lipinski definition) is 1. The molecule has 0 aromatic heterocycles. The number of fused-ring (bicyclic) bond motifs is 4. The van der Waals surface area contributed by atoms with E-state index in [9.17, 15) is 0 Å². The molecule has 49 heavy (non-hydrogen) atoms. The second-order valence-corrected chi connectivity index (χ2v) is 13.3. The van der Waals surface area contributed by atoms with Gasteiger partial charge in [0, 0.05) is 17.1 Å². The van der Waals surface area contributed by atoms with Crippen molar-refractivity contribution in [1.29, 1.82) is 0 Å². The summed E-state index contributed by atoms with van der Waals surface area (Å²) in [5.41, 5.74) is 3.42. The average molecular weight is 620 g/mol. The van der Waals surface area contributed by atoms with Crippen molar-refractivity contribution in [2.45, 2.75) is 0 Å². The van der Waals surface area contributed by atoms with Crippen molar-refractivity contribution < 1.29 is 0 Å². The summed E-state index contributed by atoms with van der Waals surface area (Å²) in [5, 5.41) is 20.4. The maximum absolute atomic E-state index is 2.45. The summed E-state index contributed by atoms with van der Waals surface area (Å²) in [7, 11) is 0. The molecule has 0 bridgehead atoms. The van der Waals surface area contributed by atoms with Crippen LogP contribution in [-0.4, -0.2) is 0 Å². The largest absolute Gasteiger partial charge is 0.310 e. The average Bonchev–Trinajstić information content (AvgIpc) is 3.16. The van der Waals surface area contributed by atoms with Gasteiger partial charge in [-0.15, -0.1) is 0 Å². The van der Waals surface area contributed by atoms with Gasteiger partial charge in [0.2, 0.25) is 0 Å². The van der Waals surface area contributed by atoms with Crippen LogP contribution in [-0.2, 0) is 0 Å². The molecule has 1 heteroatoms. The Balaban J connectivity index is 1.33. The first-order valence-corrected chi connectivity index (χ1v) is 17.0. The Labute approximate surface area is 283 Å². The van der Waals surface area contributed by atoms with Crippen molar-refractivity contribution >= 4 is 103 Å². The summed E-state index contributed by atoms with van der Waals surface area (Å²) in [4.78, 5) is 2.44. The number of hydrogen-bond donors (Lipinski definition) is 0. The Hall–Kier alpha value is -6.44. The standard InChI is InChI=1S/C48H29N/c1-3-10-35-26-38(24-22-30(35)8-1)49(39-25-23-31-9-2-4-11-36(31)27-39)40-28-37-21-20-34-13-6-16-42-41-15-5-12-32-18-19-33-14-7-17-43(47(33)45(32)41)44(29-40)48(37)46(34)42/h1-29H. The lowest BCUT2D eigenvalue weighted by atomic mass is 9.87. The van der Waals surface area contributed by atoms with Gasteiger partial charge in [0.05, 0.1) is 0 Å². The second kappa shape index (κ2) is 10.0. The fourth-order valence-corrected chi connectivity index (χ4v) is 8.48. The Morgan fingerprint density at radius 1 is 0.224 bits per heavy atom. The molecule has 0 N–H and O–H groups in total. The summed E-state index contributed by atoms with van der Waals surface area (Å²) in [5.74, 6) is 0. The fraction of sp³-hybridized carbons (Fsp3) is 0. The molecule has 11 aromatic rings. The molecule has 0 saturated heterocycles. The predicted molar refractivity (Wildman–Crippen MR) is 212 cm³/mol. The van der Waals surface area contributed by atoms with Crippen molar-refractivity contribution in [3.63, 3.8) is 0 Å². The van der Waals surface area contributed by atoms with Crippen LogP contribution in [0.5, 0.6) is 0 Å². The van der Waals surface area contributed by atoms with Crippen molar-refractivity contribution in [3.8, 4) is 0 Å². The molecule has 0 fully saturated rings. The highest BCUT2D eigenvalue weighted by atomic mass is 15.1. The van der Waals surface area contributed by atoms with Gasteiger partial charge in [-0.05, 0) is 123 Å². The minimum Gasteiger partial charge on any atom is -0.310 e. The van der Waals surface area contributed by atoms with Crippen molar-refractivity contribution in [2.75, 3.05) is 4.90 Å². The van der Waals surface area contributed by atoms with E-state index in [1.165, 1.54) is 86.2 Å². The van der Waals surface area contributed by atoms with Crippen LogP contribution in [0.2, 0.25) is 0 Å². The van der Waals surface area contributed by atoms with E-state index in [0.717, 1.165) is 17.1 Å². The van der Waals surface area contributed by atoms with E-state index in [0.29, 0.717) is 0 Å². The molecule has 0 amide bonds.